The van der Waals surface area contributed by atoms with Crippen LogP contribution in [0.5, 0.6) is 0 Å². The average Bonchev–Trinajstić information content (AvgIpc) is 3.28. The zero-order valence-corrected chi connectivity index (χ0v) is 19.0. The van der Waals surface area contributed by atoms with Crippen LogP contribution >= 0.6 is 0 Å². The Bertz CT molecular complexity index is 1610. The lowest BCUT2D eigenvalue weighted by Crippen LogP contribution is -2.28. The summed E-state index contributed by atoms with van der Waals surface area (Å²) in [4.78, 5) is 16.2. The first-order chi connectivity index (χ1) is 16.9. The van der Waals surface area contributed by atoms with Gasteiger partial charge in [0.15, 0.2) is 0 Å². The van der Waals surface area contributed by atoms with Gasteiger partial charge in [-0.3, -0.25) is 10.1 Å². The third-order valence-corrected chi connectivity index (χ3v) is 6.99. The van der Waals surface area contributed by atoms with Gasteiger partial charge in [0, 0.05) is 52.3 Å². The second kappa shape index (κ2) is 10.0. The Kier molecular flexibility index (Phi) is 6.69. The van der Waals surface area contributed by atoms with E-state index in [9.17, 15) is 18.5 Å². The van der Waals surface area contributed by atoms with Crippen molar-refractivity contribution in [1.29, 1.82) is 0 Å². The zero-order valence-electron chi connectivity index (χ0n) is 18.2. The van der Waals surface area contributed by atoms with E-state index < -0.39 is 14.9 Å². The lowest BCUT2D eigenvalue weighted by atomic mass is 10.1. The number of aromatic nitrogens is 1. The number of benzene rings is 3. The number of nitrogens with one attached hydrogen (secondary N) is 1. The van der Waals surface area contributed by atoms with Crippen LogP contribution < -0.4 is 0 Å². The fourth-order valence-corrected chi connectivity index (χ4v) is 4.73. The number of sulfonamides is 1. The van der Waals surface area contributed by atoms with E-state index in [4.69, 9.17) is 5.53 Å². The molecule has 0 saturated heterocycles. The van der Waals surface area contributed by atoms with Gasteiger partial charge in [0.1, 0.15) is 0 Å². The molecule has 0 bridgehead atoms. The molecule has 0 atom stereocenters. The number of fused-ring (bicyclic) bond motifs is 1. The van der Waals surface area contributed by atoms with Gasteiger partial charge in [0.05, 0.1) is 15.5 Å². The van der Waals surface area contributed by atoms with Gasteiger partial charge in [0.25, 0.3) is 15.7 Å². The van der Waals surface area contributed by atoms with Gasteiger partial charge in [-0.1, -0.05) is 41.5 Å². The number of rotatable bonds is 7. The molecule has 1 N–H and O–H groups in total. The Hall–Kier alpha value is -4.78. The summed E-state index contributed by atoms with van der Waals surface area (Å²) in [6.07, 6.45) is 2.19. The number of H-pyrrole nitrogens is 1. The molecule has 0 aliphatic carbocycles. The van der Waals surface area contributed by atoms with Crippen molar-refractivity contribution in [1.82, 2.24) is 9.29 Å². The monoisotopic (exact) mass is 486 g/mol. The molecule has 0 unspecified atom stereocenters. The zero-order chi connectivity index (χ0) is 24.8. The van der Waals surface area contributed by atoms with Gasteiger partial charge in [-0.2, -0.15) is 0 Å². The standard InChI is InChI=1S/C24H18N6O4S/c25-28-27-23-7-3-1-5-18(23)13-15-29(16-14-19-17-26-24-8-4-2-6-22(19)24)35(33,34)21-11-9-20(10-12-21)30(31)32/h1-12,17,26H,14,16H2. The highest BCUT2D eigenvalue weighted by Gasteiger charge is 2.23. The van der Waals surface area contributed by atoms with Gasteiger partial charge in [-0.15, -0.1) is 0 Å². The predicted octanol–water partition coefficient (Wildman–Crippen LogP) is 5.26. The van der Waals surface area contributed by atoms with Gasteiger partial charge in [-0.25, -0.2) is 12.7 Å². The summed E-state index contributed by atoms with van der Waals surface area (Å²) in [7, 11) is -4.12. The van der Waals surface area contributed by atoms with E-state index in [1.54, 1.807) is 24.3 Å². The highest BCUT2D eigenvalue weighted by atomic mass is 32.2. The Balaban J connectivity index is 1.71. The summed E-state index contributed by atoms with van der Waals surface area (Å²) in [5.41, 5.74) is 11.1. The molecule has 4 rings (SSSR count). The smallest absolute Gasteiger partial charge is 0.271 e. The van der Waals surface area contributed by atoms with Crippen molar-refractivity contribution in [3.63, 3.8) is 0 Å². The second-order valence-corrected chi connectivity index (χ2v) is 9.24. The average molecular weight is 487 g/mol. The molecule has 0 saturated carbocycles. The number of nitro groups is 1. The molecule has 0 aliphatic rings. The van der Waals surface area contributed by atoms with Gasteiger partial charge < -0.3 is 4.98 Å². The van der Waals surface area contributed by atoms with Crippen LogP contribution in [-0.4, -0.2) is 29.2 Å². The van der Waals surface area contributed by atoms with Crippen LogP contribution in [0.4, 0.5) is 11.4 Å². The quantitative estimate of drug-likeness (QED) is 0.0722. The number of hydrogen-bond acceptors (Lipinski definition) is 5. The highest BCUT2D eigenvalue weighted by molar-refractivity contribution is 7.89. The van der Waals surface area contributed by atoms with E-state index in [-0.39, 0.29) is 22.8 Å². The van der Waals surface area contributed by atoms with E-state index in [0.29, 0.717) is 12.0 Å². The number of nitro benzene ring substituents is 1. The van der Waals surface area contributed by atoms with Crippen molar-refractivity contribution in [2.45, 2.75) is 11.3 Å². The fraction of sp³-hybridized carbons (Fsp3) is 0.0833. The topological polar surface area (TPSA) is 145 Å². The number of aromatic amines is 1. The maximum absolute atomic E-state index is 13.4. The van der Waals surface area contributed by atoms with E-state index in [2.05, 4.69) is 27.0 Å². The van der Waals surface area contributed by atoms with Crippen LogP contribution in [0.2, 0.25) is 0 Å². The van der Waals surface area contributed by atoms with Gasteiger partial charge in [0.2, 0.25) is 0 Å². The molecule has 174 valence electrons. The minimum absolute atomic E-state index is 0.0256. The van der Waals surface area contributed by atoms with E-state index in [1.165, 1.54) is 12.1 Å². The predicted molar refractivity (Wildman–Crippen MR) is 131 cm³/mol. The van der Waals surface area contributed by atoms with Crippen LogP contribution in [0.25, 0.3) is 21.3 Å². The van der Waals surface area contributed by atoms with Crippen molar-refractivity contribution in [2.75, 3.05) is 6.54 Å². The number of nitrogens with zero attached hydrogens (tertiary/aromatic N) is 5. The molecule has 4 aromatic rings. The van der Waals surface area contributed by atoms with E-state index in [0.717, 1.165) is 32.9 Å². The number of para-hydroxylation sites is 1. The van der Waals surface area contributed by atoms with Gasteiger partial charge >= 0.3 is 0 Å². The molecule has 0 amide bonds. The molecule has 0 aliphatic heterocycles. The van der Waals surface area contributed by atoms with Gasteiger partial charge in [-0.05, 0) is 47.7 Å². The first kappa shape index (κ1) is 23.4. The largest absolute Gasteiger partial charge is 0.361 e. The Labute approximate surface area is 200 Å². The molecule has 11 heteroatoms. The molecule has 1 aromatic heterocycles. The lowest BCUT2D eigenvalue weighted by Gasteiger charge is -2.18. The maximum Gasteiger partial charge on any atom is 0.271 e. The summed E-state index contributed by atoms with van der Waals surface area (Å²) in [6, 6.07) is 21.6. The molecule has 35 heavy (non-hydrogen) atoms. The number of azide groups is 1. The minimum Gasteiger partial charge on any atom is -0.361 e. The Morgan fingerprint density at radius 2 is 1.77 bits per heavy atom. The molecular weight excluding hydrogens is 468 g/mol. The number of non-ortho nitro benzene ring substituents is 1. The molecule has 0 spiro atoms. The summed E-state index contributed by atoms with van der Waals surface area (Å²) < 4.78 is 27.9. The molecule has 0 radical (unpaired) electrons. The third-order valence-electron chi connectivity index (χ3n) is 5.27. The second-order valence-electron chi connectivity index (χ2n) is 7.38. The van der Waals surface area contributed by atoms with Crippen LogP contribution in [0.1, 0.15) is 11.1 Å². The summed E-state index contributed by atoms with van der Waals surface area (Å²) in [6.45, 7) is 0.0256. The summed E-state index contributed by atoms with van der Waals surface area (Å²) in [5, 5.41) is 15.5. The van der Waals surface area contributed by atoms with E-state index in [1.807, 2.05) is 30.5 Å². The van der Waals surface area contributed by atoms with Crippen molar-refractivity contribution in [3.05, 3.63) is 111 Å². The SMILES string of the molecule is [N-]=[N+]=Nc1ccccc1C#CN(CCc1c[nH]c2ccccc12)S(=O)(=O)c1ccc([N+](=O)[O-])cc1. The number of hydrogen-bond donors (Lipinski definition) is 1. The first-order valence-electron chi connectivity index (χ1n) is 10.4. The minimum atomic E-state index is -4.12. The van der Waals surface area contributed by atoms with Crippen LogP contribution in [0, 0.1) is 22.1 Å². The Morgan fingerprint density at radius 3 is 2.51 bits per heavy atom. The van der Waals surface area contributed by atoms with Crippen LogP contribution in [0.15, 0.2) is 89.0 Å². The first-order valence-corrected chi connectivity index (χ1v) is 11.8. The molecule has 0 fully saturated rings. The normalized spacial score (nSPS) is 10.7. The maximum atomic E-state index is 13.4. The van der Waals surface area contributed by atoms with Crippen LogP contribution in [-0.2, 0) is 16.4 Å². The fourth-order valence-electron chi connectivity index (χ4n) is 3.50. The lowest BCUT2D eigenvalue weighted by molar-refractivity contribution is -0.384. The third kappa shape index (κ3) is 5.09. The van der Waals surface area contributed by atoms with Crippen molar-refractivity contribution >= 4 is 32.3 Å². The van der Waals surface area contributed by atoms with Crippen molar-refractivity contribution < 1.29 is 13.3 Å². The molecule has 1 heterocycles. The molecule has 3 aromatic carbocycles. The van der Waals surface area contributed by atoms with E-state index >= 15 is 0 Å². The summed E-state index contributed by atoms with van der Waals surface area (Å²) in [5.74, 6) is 2.79. The Morgan fingerprint density at radius 1 is 1.06 bits per heavy atom. The van der Waals surface area contributed by atoms with Crippen LogP contribution in [0.3, 0.4) is 0 Å². The van der Waals surface area contributed by atoms with Crippen molar-refractivity contribution in [3.8, 4) is 12.0 Å². The summed E-state index contributed by atoms with van der Waals surface area (Å²) >= 11 is 0. The molecule has 10 nitrogen and oxygen atoms in total. The molecular formula is C24H18N6O4S. The van der Waals surface area contributed by atoms with Crippen molar-refractivity contribution in [2.24, 2.45) is 5.11 Å². The highest BCUT2D eigenvalue weighted by Crippen LogP contribution is 2.23.